The van der Waals surface area contributed by atoms with Gasteiger partial charge in [-0.05, 0) is 6.07 Å². The number of aliphatic carboxylic acids is 1. The van der Waals surface area contributed by atoms with Gasteiger partial charge in [0.05, 0.1) is 10.7 Å². The summed E-state index contributed by atoms with van der Waals surface area (Å²) in [7, 11) is 0. The largest absolute Gasteiger partial charge is 0.478 e. The molecule has 16 heavy (non-hydrogen) atoms. The van der Waals surface area contributed by atoms with Gasteiger partial charge in [0, 0.05) is 18.7 Å². The lowest BCUT2D eigenvalue weighted by Crippen LogP contribution is -2.03. The zero-order valence-corrected chi connectivity index (χ0v) is 8.76. The molecule has 0 saturated heterocycles. The first-order valence-electron chi connectivity index (χ1n) is 4.28. The smallest absolute Gasteiger partial charge is 0.328 e. The van der Waals surface area contributed by atoms with E-state index in [1.807, 2.05) is 0 Å². The second-order valence-corrected chi connectivity index (χ2v) is 3.27. The Kier molecular flexibility index (Phi) is 4.25. The Hall–Kier alpha value is -1.62. The molecule has 0 bridgehead atoms. The van der Waals surface area contributed by atoms with Gasteiger partial charge >= 0.3 is 5.97 Å². The van der Waals surface area contributed by atoms with Crippen molar-refractivity contribution in [2.45, 2.75) is 0 Å². The van der Waals surface area contributed by atoms with Gasteiger partial charge in [0.15, 0.2) is 5.82 Å². The average Bonchev–Trinajstić information content (AvgIpc) is 2.14. The van der Waals surface area contributed by atoms with Crippen LogP contribution in [0.3, 0.4) is 0 Å². The number of nitrogens with one attached hydrogen (secondary N) is 1. The average molecular weight is 248 g/mol. The minimum absolute atomic E-state index is 0.0573. The summed E-state index contributed by atoms with van der Waals surface area (Å²) in [5.41, 5.74) is -0.0573. The Morgan fingerprint density at radius 3 is 2.75 bits per heavy atom. The lowest BCUT2D eigenvalue weighted by molar-refractivity contribution is -0.131. The molecule has 0 saturated carbocycles. The number of carboxylic acids is 1. The molecule has 0 spiro atoms. The molecule has 1 rings (SSSR count). The fraction of sp³-hybridized carbons (Fsp3) is 0.100. The van der Waals surface area contributed by atoms with Gasteiger partial charge < -0.3 is 10.4 Å². The van der Waals surface area contributed by atoms with Gasteiger partial charge in [-0.1, -0.05) is 17.7 Å². The summed E-state index contributed by atoms with van der Waals surface area (Å²) in [4.78, 5) is 10.1. The van der Waals surface area contributed by atoms with Crippen LogP contribution in [-0.2, 0) is 4.79 Å². The van der Waals surface area contributed by atoms with Crippen LogP contribution < -0.4 is 5.32 Å². The molecule has 0 aromatic heterocycles. The molecule has 1 aromatic carbocycles. The third kappa shape index (κ3) is 3.51. The highest BCUT2D eigenvalue weighted by Gasteiger charge is 2.08. The summed E-state index contributed by atoms with van der Waals surface area (Å²) in [6.07, 6.45) is 2.18. The Balaban J connectivity index is 2.71. The monoisotopic (exact) mass is 247 g/mol. The highest BCUT2D eigenvalue weighted by atomic mass is 35.5. The van der Waals surface area contributed by atoms with Gasteiger partial charge in [0.25, 0.3) is 0 Å². The second-order valence-electron chi connectivity index (χ2n) is 2.87. The van der Waals surface area contributed by atoms with Crippen LogP contribution >= 0.6 is 11.6 Å². The number of carbonyl (C=O) groups is 1. The van der Waals surface area contributed by atoms with Crippen LogP contribution in [0.2, 0.25) is 5.02 Å². The number of anilines is 1. The fourth-order valence-corrected chi connectivity index (χ4v) is 1.29. The maximum atomic E-state index is 13.2. The van der Waals surface area contributed by atoms with Crippen LogP contribution in [0.15, 0.2) is 24.3 Å². The molecule has 0 amide bonds. The van der Waals surface area contributed by atoms with Crippen molar-refractivity contribution in [3.63, 3.8) is 0 Å². The molecule has 2 N–H and O–H groups in total. The molecule has 86 valence electrons. The van der Waals surface area contributed by atoms with Gasteiger partial charge in [-0.2, -0.15) is 0 Å². The third-order valence-electron chi connectivity index (χ3n) is 1.66. The minimum atomic E-state index is -1.10. The molecular weight excluding hydrogens is 240 g/mol. The van der Waals surface area contributed by atoms with Crippen molar-refractivity contribution in [1.29, 1.82) is 0 Å². The topological polar surface area (TPSA) is 49.3 Å². The van der Waals surface area contributed by atoms with E-state index in [9.17, 15) is 13.6 Å². The highest BCUT2D eigenvalue weighted by Crippen LogP contribution is 2.25. The minimum Gasteiger partial charge on any atom is -0.478 e. The normalized spacial score (nSPS) is 10.7. The summed E-state index contributed by atoms with van der Waals surface area (Å²) in [5.74, 6) is -2.70. The Morgan fingerprint density at radius 1 is 1.50 bits per heavy atom. The molecule has 0 fully saturated rings. The fourth-order valence-electron chi connectivity index (χ4n) is 1.03. The predicted octanol–water partition coefficient (Wildman–Crippen LogP) is 2.67. The van der Waals surface area contributed by atoms with E-state index in [1.54, 1.807) is 0 Å². The maximum absolute atomic E-state index is 13.2. The van der Waals surface area contributed by atoms with E-state index in [1.165, 1.54) is 6.08 Å². The summed E-state index contributed by atoms with van der Waals surface area (Å²) < 4.78 is 25.8. The predicted molar refractivity (Wildman–Crippen MR) is 56.6 cm³/mol. The standard InChI is InChI=1S/C10H8ClF2NO2/c11-7-4-6(12)5-8(13)10(7)14-3-1-2-9(15)16/h1-2,4-5,14H,3H2,(H,15,16)/b2-1+. The van der Waals surface area contributed by atoms with E-state index < -0.39 is 17.6 Å². The first-order chi connectivity index (χ1) is 7.50. The van der Waals surface area contributed by atoms with Crippen LogP contribution in [0.5, 0.6) is 0 Å². The summed E-state index contributed by atoms with van der Waals surface area (Å²) >= 11 is 5.59. The number of benzene rings is 1. The van der Waals surface area contributed by atoms with Gasteiger partial charge in [-0.25, -0.2) is 13.6 Å². The molecule has 1 aromatic rings. The molecule has 0 aliphatic rings. The van der Waals surface area contributed by atoms with Crippen LogP contribution in [0.25, 0.3) is 0 Å². The first kappa shape index (κ1) is 12.4. The number of halogens is 3. The molecule has 0 heterocycles. The molecule has 0 radical (unpaired) electrons. The molecule has 0 atom stereocenters. The van der Waals surface area contributed by atoms with Gasteiger partial charge in [0.1, 0.15) is 5.82 Å². The summed E-state index contributed by atoms with van der Waals surface area (Å²) in [6, 6.07) is 1.66. The van der Waals surface area contributed by atoms with Crippen LogP contribution in [0.1, 0.15) is 0 Å². The Bertz CT molecular complexity index is 412. The number of hydrogen-bond acceptors (Lipinski definition) is 2. The van der Waals surface area contributed by atoms with E-state index in [-0.39, 0.29) is 17.3 Å². The molecule has 0 aliphatic carbocycles. The number of rotatable bonds is 4. The van der Waals surface area contributed by atoms with Crippen molar-refractivity contribution >= 4 is 23.3 Å². The molecule has 6 heteroatoms. The van der Waals surface area contributed by atoms with Gasteiger partial charge in [-0.15, -0.1) is 0 Å². The molecular formula is C10H8ClF2NO2. The second kappa shape index (κ2) is 5.46. The summed E-state index contributed by atoms with van der Waals surface area (Å²) in [5, 5.41) is 10.7. The molecule has 0 aliphatic heterocycles. The van der Waals surface area contributed by atoms with Crippen molar-refractivity contribution in [2.24, 2.45) is 0 Å². The zero-order chi connectivity index (χ0) is 12.1. The van der Waals surface area contributed by atoms with Gasteiger partial charge in [0.2, 0.25) is 0 Å². The lowest BCUT2D eigenvalue weighted by atomic mass is 10.3. The summed E-state index contributed by atoms with van der Waals surface area (Å²) in [6.45, 7) is 0.0779. The Morgan fingerprint density at radius 2 is 2.19 bits per heavy atom. The third-order valence-corrected chi connectivity index (χ3v) is 1.96. The first-order valence-corrected chi connectivity index (χ1v) is 4.66. The number of hydrogen-bond donors (Lipinski definition) is 2. The van der Waals surface area contributed by atoms with Crippen molar-refractivity contribution < 1.29 is 18.7 Å². The van der Waals surface area contributed by atoms with E-state index in [4.69, 9.17) is 16.7 Å². The molecule has 0 unspecified atom stereocenters. The van der Waals surface area contributed by atoms with E-state index in [2.05, 4.69) is 5.32 Å². The van der Waals surface area contributed by atoms with Crippen molar-refractivity contribution in [3.8, 4) is 0 Å². The molecule has 3 nitrogen and oxygen atoms in total. The van der Waals surface area contributed by atoms with Crippen molar-refractivity contribution in [3.05, 3.63) is 40.9 Å². The quantitative estimate of drug-likeness (QED) is 0.805. The lowest BCUT2D eigenvalue weighted by Gasteiger charge is -2.07. The zero-order valence-electron chi connectivity index (χ0n) is 8.01. The highest BCUT2D eigenvalue weighted by molar-refractivity contribution is 6.33. The van der Waals surface area contributed by atoms with E-state index in [0.29, 0.717) is 6.07 Å². The Labute approximate surface area is 95.3 Å². The van der Waals surface area contributed by atoms with Crippen molar-refractivity contribution in [2.75, 3.05) is 11.9 Å². The van der Waals surface area contributed by atoms with Crippen LogP contribution in [0.4, 0.5) is 14.5 Å². The van der Waals surface area contributed by atoms with Crippen molar-refractivity contribution in [1.82, 2.24) is 0 Å². The SMILES string of the molecule is O=C(O)/C=C/CNc1c(F)cc(F)cc1Cl. The number of carboxylic acid groups (broad SMARTS) is 1. The van der Waals surface area contributed by atoms with E-state index >= 15 is 0 Å². The van der Waals surface area contributed by atoms with Gasteiger partial charge in [-0.3, -0.25) is 0 Å². The maximum Gasteiger partial charge on any atom is 0.328 e. The van der Waals surface area contributed by atoms with Crippen LogP contribution in [0, 0.1) is 11.6 Å². The van der Waals surface area contributed by atoms with Crippen LogP contribution in [-0.4, -0.2) is 17.6 Å². The van der Waals surface area contributed by atoms with E-state index in [0.717, 1.165) is 12.1 Å².